The molecule has 1 aliphatic heterocycles. The van der Waals surface area contributed by atoms with Crippen molar-refractivity contribution in [3.63, 3.8) is 0 Å². The smallest absolute Gasteiger partial charge is 0.253 e. The van der Waals surface area contributed by atoms with Crippen LogP contribution in [0.25, 0.3) is 0 Å². The van der Waals surface area contributed by atoms with Crippen LogP contribution in [0.1, 0.15) is 23.7 Å². The van der Waals surface area contributed by atoms with Gasteiger partial charge in [-0.3, -0.25) is 4.79 Å². The van der Waals surface area contributed by atoms with E-state index in [1.807, 2.05) is 0 Å². The Morgan fingerprint density at radius 1 is 1.37 bits per heavy atom. The number of nitrogens with one attached hydrogen (secondary N) is 1. The van der Waals surface area contributed by atoms with Crippen LogP contribution < -0.4 is 5.32 Å². The zero-order valence-corrected chi connectivity index (χ0v) is 12.6. The van der Waals surface area contributed by atoms with E-state index in [-0.39, 0.29) is 28.0 Å². The van der Waals surface area contributed by atoms with Crippen LogP contribution in [0.2, 0.25) is 10.0 Å². The number of carbonyl (C=O) groups is 1. The van der Waals surface area contributed by atoms with E-state index in [1.165, 1.54) is 12.1 Å². The van der Waals surface area contributed by atoms with Crippen molar-refractivity contribution < 1.29 is 13.2 Å². The predicted molar refractivity (Wildman–Crippen MR) is 75.6 cm³/mol. The van der Waals surface area contributed by atoms with Crippen molar-refractivity contribution in [2.75, 3.05) is 11.5 Å². The average molecular weight is 322 g/mol. The third-order valence-electron chi connectivity index (χ3n) is 3.09. The zero-order valence-electron chi connectivity index (χ0n) is 10.2. The van der Waals surface area contributed by atoms with Gasteiger partial charge in [0.15, 0.2) is 9.84 Å². The van der Waals surface area contributed by atoms with E-state index in [4.69, 9.17) is 23.2 Å². The first-order chi connectivity index (χ1) is 8.71. The van der Waals surface area contributed by atoms with Crippen molar-refractivity contribution in [2.45, 2.75) is 18.9 Å². The molecule has 0 bridgehead atoms. The van der Waals surface area contributed by atoms with Crippen LogP contribution in [-0.2, 0) is 9.84 Å². The van der Waals surface area contributed by atoms with Gasteiger partial charge in [0.2, 0.25) is 0 Å². The number of halogens is 2. The van der Waals surface area contributed by atoms with E-state index < -0.39 is 15.4 Å². The molecule has 1 N–H and O–H groups in total. The molecule has 7 heteroatoms. The fourth-order valence-corrected chi connectivity index (χ4v) is 4.71. The Balaban J connectivity index is 2.18. The molecular weight excluding hydrogens is 309 g/mol. The molecule has 1 amide bonds. The van der Waals surface area contributed by atoms with E-state index in [9.17, 15) is 13.2 Å². The Kier molecular flexibility index (Phi) is 3.82. The number of hydrogen-bond donors (Lipinski definition) is 1. The highest BCUT2D eigenvalue weighted by Gasteiger charge is 2.39. The lowest BCUT2D eigenvalue weighted by Gasteiger charge is -2.24. The molecule has 0 saturated carbocycles. The van der Waals surface area contributed by atoms with Crippen molar-refractivity contribution >= 4 is 38.9 Å². The maximum Gasteiger partial charge on any atom is 0.253 e. The van der Waals surface area contributed by atoms with Crippen molar-refractivity contribution in [1.82, 2.24) is 5.32 Å². The van der Waals surface area contributed by atoms with Crippen LogP contribution in [-0.4, -0.2) is 31.4 Å². The molecule has 1 atom stereocenters. The summed E-state index contributed by atoms with van der Waals surface area (Å²) < 4.78 is 23.0. The Morgan fingerprint density at radius 3 is 2.58 bits per heavy atom. The Morgan fingerprint density at radius 2 is 2.05 bits per heavy atom. The van der Waals surface area contributed by atoms with Crippen molar-refractivity contribution in [1.29, 1.82) is 0 Å². The van der Waals surface area contributed by atoms with E-state index in [1.54, 1.807) is 13.0 Å². The second-order valence-electron chi connectivity index (χ2n) is 4.98. The van der Waals surface area contributed by atoms with Crippen LogP contribution in [0.3, 0.4) is 0 Å². The summed E-state index contributed by atoms with van der Waals surface area (Å²) >= 11 is 11.7. The minimum atomic E-state index is -3.07. The van der Waals surface area contributed by atoms with Gasteiger partial charge in [-0.1, -0.05) is 23.2 Å². The molecule has 1 aromatic carbocycles. The number of carbonyl (C=O) groups excluding carboxylic acids is 1. The maximum absolute atomic E-state index is 12.1. The van der Waals surface area contributed by atoms with Gasteiger partial charge < -0.3 is 5.32 Å². The van der Waals surface area contributed by atoms with Crippen LogP contribution in [0, 0.1) is 0 Å². The normalized spacial score (nSPS) is 25.2. The highest BCUT2D eigenvalue weighted by Crippen LogP contribution is 2.25. The van der Waals surface area contributed by atoms with Crippen LogP contribution in [0.4, 0.5) is 0 Å². The number of benzene rings is 1. The first-order valence-corrected chi connectivity index (χ1v) is 8.27. The average Bonchev–Trinajstić information content (AvgIpc) is 2.52. The van der Waals surface area contributed by atoms with Crippen molar-refractivity contribution in [2.24, 2.45) is 0 Å². The minimum absolute atomic E-state index is 0.0447. The Labute approximate surface area is 122 Å². The highest BCUT2D eigenvalue weighted by atomic mass is 35.5. The van der Waals surface area contributed by atoms with Gasteiger partial charge >= 0.3 is 0 Å². The summed E-state index contributed by atoms with van der Waals surface area (Å²) in [5.74, 6) is -0.337. The Bertz CT molecular complexity index is 630. The lowest BCUT2D eigenvalue weighted by molar-refractivity contribution is 0.0915. The molecule has 104 valence electrons. The first-order valence-electron chi connectivity index (χ1n) is 5.69. The Hall–Kier alpha value is -0.780. The molecule has 1 aromatic rings. The molecule has 0 aromatic heterocycles. The molecule has 1 aliphatic rings. The second kappa shape index (κ2) is 4.96. The SMILES string of the molecule is CC1(NC(=O)c2ccc(Cl)cc2Cl)CCS(=O)(=O)C1. The zero-order chi connectivity index (χ0) is 14.3. The van der Waals surface area contributed by atoms with E-state index in [2.05, 4.69) is 5.32 Å². The molecule has 4 nitrogen and oxygen atoms in total. The summed E-state index contributed by atoms with van der Waals surface area (Å²) in [6.45, 7) is 1.72. The molecular formula is C12H13Cl2NO3S. The molecule has 1 heterocycles. The second-order valence-corrected chi connectivity index (χ2v) is 8.01. The predicted octanol–water partition coefficient (Wildman–Crippen LogP) is 2.30. The van der Waals surface area contributed by atoms with E-state index in [0.717, 1.165) is 0 Å². The maximum atomic E-state index is 12.1. The first kappa shape index (κ1) is 14.6. The van der Waals surface area contributed by atoms with Gasteiger partial charge in [0.25, 0.3) is 5.91 Å². The number of hydrogen-bond acceptors (Lipinski definition) is 3. The fraction of sp³-hybridized carbons (Fsp3) is 0.417. The number of sulfone groups is 1. The third-order valence-corrected chi connectivity index (χ3v) is 5.55. The summed E-state index contributed by atoms with van der Waals surface area (Å²) in [5.41, 5.74) is -0.449. The molecule has 0 radical (unpaired) electrons. The lowest BCUT2D eigenvalue weighted by Crippen LogP contribution is -2.47. The monoisotopic (exact) mass is 321 g/mol. The van der Waals surface area contributed by atoms with E-state index >= 15 is 0 Å². The van der Waals surface area contributed by atoms with E-state index in [0.29, 0.717) is 11.4 Å². The van der Waals surface area contributed by atoms with Crippen molar-refractivity contribution in [3.8, 4) is 0 Å². The van der Waals surface area contributed by atoms with Gasteiger partial charge in [0.1, 0.15) is 0 Å². The molecule has 0 spiro atoms. The van der Waals surface area contributed by atoms with Gasteiger partial charge in [0.05, 0.1) is 27.6 Å². The summed E-state index contributed by atoms with van der Waals surface area (Å²) in [4.78, 5) is 12.1. The minimum Gasteiger partial charge on any atom is -0.346 e. The lowest BCUT2D eigenvalue weighted by atomic mass is 10.0. The van der Waals surface area contributed by atoms with Crippen LogP contribution in [0.5, 0.6) is 0 Å². The summed E-state index contributed by atoms with van der Waals surface area (Å²) in [6, 6.07) is 4.56. The van der Waals surface area contributed by atoms with Crippen LogP contribution >= 0.6 is 23.2 Å². The van der Waals surface area contributed by atoms with Crippen LogP contribution in [0.15, 0.2) is 18.2 Å². The highest BCUT2D eigenvalue weighted by molar-refractivity contribution is 7.91. The molecule has 2 rings (SSSR count). The fourth-order valence-electron chi connectivity index (χ4n) is 2.12. The van der Waals surface area contributed by atoms with Crippen molar-refractivity contribution in [3.05, 3.63) is 33.8 Å². The number of amides is 1. The molecule has 1 unspecified atom stereocenters. The van der Waals surface area contributed by atoms with Gasteiger partial charge in [-0.15, -0.1) is 0 Å². The van der Waals surface area contributed by atoms with Gasteiger partial charge in [0, 0.05) is 5.02 Å². The molecule has 1 fully saturated rings. The molecule has 0 aliphatic carbocycles. The number of rotatable bonds is 2. The molecule has 1 saturated heterocycles. The van der Waals surface area contributed by atoms with Gasteiger partial charge in [-0.25, -0.2) is 8.42 Å². The standard InChI is InChI=1S/C12H13Cl2NO3S/c1-12(4-5-19(17,18)7-12)15-11(16)9-3-2-8(13)6-10(9)14/h2-3,6H,4-5,7H2,1H3,(H,15,16). The molecule has 19 heavy (non-hydrogen) atoms. The topological polar surface area (TPSA) is 63.2 Å². The summed E-state index contributed by atoms with van der Waals surface area (Å²) in [5, 5.41) is 3.43. The quantitative estimate of drug-likeness (QED) is 0.909. The van der Waals surface area contributed by atoms with Gasteiger partial charge in [-0.2, -0.15) is 0 Å². The third kappa shape index (κ3) is 3.41. The largest absolute Gasteiger partial charge is 0.346 e. The summed E-state index contributed by atoms with van der Waals surface area (Å²) in [6.07, 6.45) is 0.409. The summed E-state index contributed by atoms with van der Waals surface area (Å²) in [7, 11) is -3.07. The van der Waals surface area contributed by atoms with Gasteiger partial charge in [-0.05, 0) is 31.5 Å².